The van der Waals surface area contributed by atoms with Crippen molar-refractivity contribution in [3.63, 3.8) is 0 Å². The molecule has 1 saturated carbocycles. The Morgan fingerprint density at radius 1 is 1.32 bits per heavy atom. The van der Waals surface area contributed by atoms with Crippen LogP contribution in [0.4, 0.5) is 0 Å². The van der Waals surface area contributed by atoms with Gasteiger partial charge in [0.15, 0.2) is 0 Å². The van der Waals surface area contributed by atoms with Crippen LogP contribution < -0.4 is 15.8 Å². The summed E-state index contributed by atoms with van der Waals surface area (Å²) >= 11 is 0. The number of nitrogens with two attached hydrogens (primary N) is 1. The van der Waals surface area contributed by atoms with E-state index in [9.17, 15) is 9.59 Å². The van der Waals surface area contributed by atoms with E-state index < -0.39 is 0 Å². The van der Waals surface area contributed by atoms with E-state index in [1.807, 2.05) is 31.2 Å². The molecule has 0 aliphatic heterocycles. The first-order valence-corrected chi connectivity index (χ1v) is 7.89. The van der Waals surface area contributed by atoms with Crippen LogP contribution in [0.15, 0.2) is 24.3 Å². The summed E-state index contributed by atoms with van der Waals surface area (Å²) in [5.74, 6) is 0.202. The van der Waals surface area contributed by atoms with Crippen LogP contribution in [0.2, 0.25) is 0 Å². The molecular formula is C17H24N2O3. The molecule has 22 heavy (non-hydrogen) atoms. The largest absolute Gasteiger partial charge is 0.494 e. The number of hydrogen-bond donors (Lipinski definition) is 2. The second-order valence-electron chi connectivity index (χ2n) is 5.75. The SMILES string of the molecule is CCOc1ccc(CC(CNC(=O)C2CCC2)C(N)=O)cc1. The molecule has 3 N–H and O–H groups in total. The lowest BCUT2D eigenvalue weighted by molar-refractivity contribution is -0.128. The number of primary amides is 1. The van der Waals surface area contributed by atoms with Crippen LogP contribution >= 0.6 is 0 Å². The molecule has 0 heterocycles. The van der Waals surface area contributed by atoms with Crippen molar-refractivity contribution >= 4 is 11.8 Å². The summed E-state index contributed by atoms with van der Waals surface area (Å²) in [4.78, 5) is 23.4. The fourth-order valence-electron chi connectivity index (χ4n) is 2.48. The average Bonchev–Trinajstić information content (AvgIpc) is 2.43. The summed E-state index contributed by atoms with van der Waals surface area (Å²) in [5.41, 5.74) is 6.46. The van der Waals surface area contributed by atoms with E-state index in [1.54, 1.807) is 0 Å². The van der Waals surface area contributed by atoms with Crippen LogP contribution in [0.3, 0.4) is 0 Å². The number of carbonyl (C=O) groups excluding carboxylic acids is 2. The van der Waals surface area contributed by atoms with Crippen LogP contribution in [0, 0.1) is 11.8 Å². The minimum absolute atomic E-state index is 0.0455. The topological polar surface area (TPSA) is 81.4 Å². The summed E-state index contributed by atoms with van der Waals surface area (Å²) in [5, 5.41) is 2.85. The third-order valence-corrected chi connectivity index (χ3v) is 4.12. The molecule has 1 aliphatic carbocycles. The Bertz CT molecular complexity index is 509. The molecule has 1 unspecified atom stereocenters. The first-order valence-electron chi connectivity index (χ1n) is 7.89. The first kappa shape index (κ1) is 16.3. The molecule has 1 aromatic carbocycles. The van der Waals surface area contributed by atoms with Crippen molar-refractivity contribution in [2.45, 2.75) is 32.6 Å². The van der Waals surface area contributed by atoms with Gasteiger partial charge in [0.25, 0.3) is 0 Å². The highest BCUT2D eigenvalue weighted by molar-refractivity contribution is 5.81. The van der Waals surface area contributed by atoms with Gasteiger partial charge >= 0.3 is 0 Å². The van der Waals surface area contributed by atoms with Gasteiger partial charge in [0.05, 0.1) is 12.5 Å². The van der Waals surface area contributed by atoms with Crippen LogP contribution in [0.5, 0.6) is 5.75 Å². The van der Waals surface area contributed by atoms with Crippen LogP contribution in [0.1, 0.15) is 31.7 Å². The molecule has 0 aromatic heterocycles. The fourth-order valence-corrected chi connectivity index (χ4v) is 2.48. The van der Waals surface area contributed by atoms with E-state index in [-0.39, 0.29) is 23.7 Å². The van der Waals surface area contributed by atoms with Crippen molar-refractivity contribution in [1.29, 1.82) is 0 Å². The van der Waals surface area contributed by atoms with E-state index in [1.165, 1.54) is 0 Å². The normalized spacial score (nSPS) is 15.7. The number of rotatable bonds is 8. The summed E-state index contributed by atoms with van der Waals surface area (Å²) in [6, 6.07) is 7.61. The number of benzene rings is 1. The van der Waals surface area contributed by atoms with Gasteiger partial charge in [-0.05, 0) is 43.9 Å². The monoisotopic (exact) mass is 304 g/mol. The molecule has 1 aliphatic rings. The van der Waals surface area contributed by atoms with Crippen LogP contribution in [-0.4, -0.2) is 25.0 Å². The van der Waals surface area contributed by atoms with Gasteiger partial charge in [-0.2, -0.15) is 0 Å². The lowest BCUT2D eigenvalue weighted by Gasteiger charge is -2.25. The van der Waals surface area contributed by atoms with Crippen molar-refractivity contribution in [1.82, 2.24) is 5.32 Å². The van der Waals surface area contributed by atoms with E-state index in [4.69, 9.17) is 10.5 Å². The van der Waals surface area contributed by atoms with E-state index in [0.29, 0.717) is 19.6 Å². The van der Waals surface area contributed by atoms with Gasteiger partial charge in [-0.25, -0.2) is 0 Å². The predicted molar refractivity (Wildman–Crippen MR) is 84.4 cm³/mol. The third-order valence-electron chi connectivity index (χ3n) is 4.12. The zero-order valence-corrected chi connectivity index (χ0v) is 13.0. The Morgan fingerprint density at radius 2 is 2.00 bits per heavy atom. The molecule has 120 valence electrons. The van der Waals surface area contributed by atoms with Gasteiger partial charge in [-0.15, -0.1) is 0 Å². The van der Waals surface area contributed by atoms with Gasteiger partial charge in [0.2, 0.25) is 11.8 Å². The summed E-state index contributed by atoms with van der Waals surface area (Å²) in [7, 11) is 0. The zero-order chi connectivity index (χ0) is 15.9. The molecule has 2 amide bonds. The standard InChI is InChI=1S/C17H24N2O3/c1-2-22-15-8-6-12(7-9-15)10-14(16(18)20)11-19-17(21)13-4-3-5-13/h6-9,13-14H,2-5,10-11H2,1H3,(H2,18,20)(H,19,21). The maximum atomic E-state index is 11.8. The molecule has 1 aromatic rings. The van der Waals surface area contributed by atoms with E-state index in [2.05, 4.69) is 5.32 Å². The molecule has 5 heteroatoms. The summed E-state index contributed by atoms with van der Waals surface area (Å²) in [6.07, 6.45) is 3.54. The number of ether oxygens (including phenoxy) is 1. The average molecular weight is 304 g/mol. The van der Waals surface area contributed by atoms with Crippen molar-refractivity contribution in [2.24, 2.45) is 17.6 Å². The second kappa shape index (κ2) is 7.82. The molecule has 5 nitrogen and oxygen atoms in total. The Morgan fingerprint density at radius 3 is 2.50 bits per heavy atom. The van der Waals surface area contributed by atoms with E-state index >= 15 is 0 Å². The van der Waals surface area contributed by atoms with Gasteiger partial charge in [0, 0.05) is 12.5 Å². The zero-order valence-electron chi connectivity index (χ0n) is 13.0. The van der Waals surface area contributed by atoms with Gasteiger partial charge in [0.1, 0.15) is 5.75 Å². The molecule has 0 radical (unpaired) electrons. The Labute approximate surface area is 131 Å². The predicted octanol–water partition coefficient (Wildman–Crippen LogP) is 1.65. The van der Waals surface area contributed by atoms with Crippen LogP contribution in [-0.2, 0) is 16.0 Å². The first-order chi connectivity index (χ1) is 10.6. The van der Waals surface area contributed by atoms with Gasteiger partial charge < -0.3 is 15.8 Å². The highest BCUT2D eigenvalue weighted by Crippen LogP contribution is 2.26. The van der Waals surface area contributed by atoms with Crippen molar-refractivity contribution < 1.29 is 14.3 Å². The maximum Gasteiger partial charge on any atom is 0.223 e. The quantitative estimate of drug-likeness (QED) is 0.766. The number of amides is 2. The number of carbonyl (C=O) groups is 2. The van der Waals surface area contributed by atoms with Gasteiger partial charge in [-0.1, -0.05) is 18.6 Å². The van der Waals surface area contributed by atoms with E-state index in [0.717, 1.165) is 30.6 Å². The minimum Gasteiger partial charge on any atom is -0.494 e. The lowest BCUT2D eigenvalue weighted by Crippen LogP contribution is -2.41. The lowest BCUT2D eigenvalue weighted by atomic mass is 9.84. The number of nitrogens with one attached hydrogen (secondary N) is 1. The summed E-state index contributed by atoms with van der Waals surface area (Å²) < 4.78 is 5.39. The highest BCUT2D eigenvalue weighted by atomic mass is 16.5. The molecule has 2 rings (SSSR count). The van der Waals surface area contributed by atoms with Crippen molar-refractivity contribution in [2.75, 3.05) is 13.2 Å². The Balaban J connectivity index is 1.87. The Kier molecular flexibility index (Phi) is 5.81. The smallest absolute Gasteiger partial charge is 0.223 e. The molecule has 0 spiro atoms. The van der Waals surface area contributed by atoms with Crippen molar-refractivity contribution in [3.8, 4) is 5.75 Å². The highest BCUT2D eigenvalue weighted by Gasteiger charge is 2.26. The molecule has 0 saturated heterocycles. The number of hydrogen-bond acceptors (Lipinski definition) is 3. The maximum absolute atomic E-state index is 11.8. The molecule has 0 bridgehead atoms. The fraction of sp³-hybridized carbons (Fsp3) is 0.529. The third kappa shape index (κ3) is 4.48. The minimum atomic E-state index is -0.387. The Hall–Kier alpha value is -2.04. The second-order valence-corrected chi connectivity index (χ2v) is 5.75. The molecule has 1 fully saturated rings. The summed E-state index contributed by atoms with van der Waals surface area (Å²) in [6.45, 7) is 2.86. The molecule has 1 atom stereocenters. The van der Waals surface area contributed by atoms with Crippen molar-refractivity contribution in [3.05, 3.63) is 29.8 Å². The van der Waals surface area contributed by atoms with Crippen LogP contribution in [0.25, 0.3) is 0 Å². The van der Waals surface area contributed by atoms with Gasteiger partial charge in [-0.3, -0.25) is 9.59 Å². The molecular weight excluding hydrogens is 280 g/mol.